The van der Waals surface area contributed by atoms with Gasteiger partial charge in [0.15, 0.2) is 0 Å². The highest BCUT2D eigenvalue weighted by molar-refractivity contribution is 6.29. The van der Waals surface area contributed by atoms with Gasteiger partial charge in [0.25, 0.3) is 5.69 Å². The van der Waals surface area contributed by atoms with Gasteiger partial charge < -0.3 is 9.64 Å². The lowest BCUT2D eigenvalue weighted by molar-refractivity contribution is -0.384. The highest BCUT2D eigenvalue weighted by Gasteiger charge is 2.21. The molecular weight excluding hydrogens is 258 g/mol. The lowest BCUT2D eigenvalue weighted by Gasteiger charge is -2.31. The van der Waals surface area contributed by atoms with Gasteiger partial charge in [-0.25, -0.2) is 4.98 Å². The predicted octanol–water partition coefficient (Wildman–Crippen LogP) is 2.26. The van der Waals surface area contributed by atoms with Gasteiger partial charge in [-0.1, -0.05) is 11.6 Å². The van der Waals surface area contributed by atoms with E-state index in [0.717, 1.165) is 12.8 Å². The number of halogens is 1. The molecule has 1 aliphatic heterocycles. The van der Waals surface area contributed by atoms with Crippen LogP contribution in [0.5, 0.6) is 0 Å². The first kappa shape index (κ1) is 13.0. The zero-order valence-electron chi connectivity index (χ0n) is 10.0. The molecule has 0 aromatic carbocycles. The molecule has 0 radical (unpaired) electrons. The molecule has 0 N–H and O–H groups in total. The maximum atomic E-state index is 10.8. The Hall–Kier alpha value is -1.40. The number of hydrogen-bond donors (Lipinski definition) is 0. The Morgan fingerprint density at radius 1 is 1.50 bits per heavy atom. The van der Waals surface area contributed by atoms with Crippen molar-refractivity contribution in [3.8, 4) is 0 Å². The van der Waals surface area contributed by atoms with Crippen LogP contribution in [0, 0.1) is 10.1 Å². The van der Waals surface area contributed by atoms with E-state index in [-0.39, 0.29) is 16.9 Å². The fourth-order valence-corrected chi connectivity index (χ4v) is 2.21. The first-order chi connectivity index (χ1) is 8.58. The van der Waals surface area contributed by atoms with Gasteiger partial charge in [-0.2, -0.15) is 0 Å². The van der Waals surface area contributed by atoms with Crippen LogP contribution in [-0.2, 0) is 4.74 Å². The Morgan fingerprint density at radius 3 is 2.78 bits per heavy atom. The molecule has 1 fully saturated rings. The lowest BCUT2D eigenvalue weighted by atomic mass is 10.1. The van der Waals surface area contributed by atoms with Crippen molar-refractivity contribution in [2.45, 2.75) is 18.9 Å². The number of ether oxygens (including phenoxy) is 1. The first-order valence-electron chi connectivity index (χ1n) is 5.70. The highest BCUT2D eigenvalue weighted by atomic mass is 35.5. The zero-order valence-corrected chi connectivity index (χ0v) is 10.8. The van der Waals surface area contributed by atoms with Crippen molar-refractivity contribution < 1.29 is 9.66 Å². The van der Waals surface area contributed by atoms with Crippen molar-refractivity contribution in [3.63, 3.8) is 0 Å². The molecule has 0 amide bonds. The number of aromatic nitrogens is 1. The molecule has 2 rings (SSSR count). The SMILES string of the molecule is CN(c1cc([N+](=O)[O-])cc(Cl)n1)C1CCOCC1. The molecule has 6 nitrogen and oxygen atoms in total. The molecule has 0 bridgehead atoms. The maximum Gasteiger partial charge on any atom is 0.276 e. The second-order valence-electron chi connectivity index (χ2n) is 4.22. The van der Waals surface area contributed by atoms with E-state index >= 15 is 0 Å². The van der Waals surface area contributed by atoms with Crippen molar-refractivity contribution in [2.24, 2.45) is 0 Å². The number of rotatable bonds is 3. The Morgan fingerprint density at radius 2 is 2.17 bits per heavy atom. The Balaban J connectivity index is 2.23. The van der Waals surface area contributed by atoms with Crippen LogP contribution in [0.4, 0.5) is 11.5 Å². The van der Waals surface area contributed by atoms with Crippen LogP contribution >= 0.6 is 11.6 Å². The molecule has 0 spiro atoms. The van der Waals surface area contributed by atoms with Crippen LogP contribution in [0.25, 0.3) is 0 Å². The Kier molecular flexibility index (Phi) is 3.98. The molecular formula is C11H14ClN3O3. The minimum absolute atomic E-state index is 0.0380. The van der Waals surface area contributed by atoms with Gasteiger partial charge in [-0.3, -0.25) is 10.1 Å². The van der Waals surface area contributed by atoms with Gasteiger partial charge in [0, 0.05) is 26.3 Å². The summed E-state index contributed by atoms with van der Waals surface area (Å²) in [6, 6.07) is 2.98. The molecule has 7 heteroatoms. The van der Waals surface area contributed by atoms with E-state index in [4.69, 9.17) is 16.3 Å². The van der Waals surface area contributed by atoms with E-state index in [1.807, 2.05) is 11.9 Å². The summed E-state index contributed by atoms with van der Waals surface area (Å²) in [7, 11) is 1.87. The molecule has 1 aromatic rings. The summed E-state index contributed by atoms with van der Waals surface area (Å²) in [5, 5.41) is 10.9. The van der Waals surface area contributed by atoms with Gasteiger partial charge in [-0.15, -0.1) is 0 Å². The fourth-order valence-electron chi connectivity index (χ4n) is 2.02. The van der Waals surface area contributed by atoms with Gasteiger partial charge in [0.05, 0.1) is 17.1 Å². The summed E-state index contributed by atoms with van der Waals surface area (Å²) in [4.78, 5) is 16.4. The van der Waals surface area contributed by atoms with Crippen molar-refractivity contribution >= 4 is 23.1 Å². The average Bonchev–Trinajstić information content (AvgIpc) is 2.38. The molecule has 18 heavy (non-hydrogen) atoms. The molecule has 0 unspecified atom stereocenters. The summed E-state index contributed by atoms with van der Waals surface area (Å²) in [6.07, 6.45) is 1.77. The van der Waals surface area contributed by atoms with Crippen LogP contribution in [-0.4, -0.2) is 36.2 Å². The van der Waals surface area contributed by atoms with Crippen LogP contribution < -0.4 is 4.90 Å². The molecule has 0 aliphatic carbocycles. The molecule has 0 saturated carbocycles. The third kappa shape index (κ3) is 2.88. The number of hydrogen-bond acceptors (Lipinski definition) is 5. The summed E-state index contributed by atoms with van der Waals surface area (Å²) in [5.41, 5.74) is -0.0380. The topological polar surface area (TPSA) is 68.5 Å². The Labute approximate surface area is 110 Å². The summed E-state index contributed by atoms with van der Waals surface area (Å²) >= 11 is 5.81. The maximum absolute atomic E-state index is 10.8. The normalized spacial score (nSPS) is 16.6. The average molecular weight is 272 g/mol. The number of anilines is 1. The molecule has 2 heterocycles. The first-order valence-corrected chi connectivity index (χ1v) is 6.08. The quantitative estimate of drug-likeness (QED) is 0.479. The van der Waals surface area contributed by atoms with Crippen molar-refractivity contribution in [2.75, 3.05) is 25.2 Å². The van der Waals surface area contributed by atoms with E-state index < -0.39 is 4.92 Å². The van der Waals surface area contributed by atoms with E-state index in [1.54, 1.807) is 0 Å². The molecule has 1 saturated heterocycles. The van der Waals surface area contributed by atoms with Gasteiger partial charge in [0.2, 0.25) is 0 Å². The van der Waals surface area contributed by atoms with Crippen LogP contribution in [0.3, 0.4) is 0 Å². The molecule has 1 aliphatic rings. The summed E-state index contributed by atoms with van der Waals surface area (Å²) < 4.78 is 5.29. The van der Waals surface area contributed by atoms with Crippen molar-refractivity contribution in [1.82, 2.24) is 4.98 Å². The van der Waals surface area contributed by atoms with Crippen LogP contribution in [0.15, 0.2) is 12.1 Å². The van der Waals surface area contributed by atoms with Crippen LogP contribution in [0.1, 0.15) is 12.8 Å². The third-order valence-corrected chi connectivity index (χ3v) is 3.27. The van der Waals surface area contributed by atoms with E-state index in [1.165, 1.54) is 12.1 Å². The van der Waals surface area contributed by atoms with Gasteiger partial charge in [0.1, 0.15) is 11.0 Å². The van der Waals surface area contributed by atoms with Crippen LogP contribution in [0.2, 0.25) is 5.15 Å². The minimum Gasteiger partial charge on any atom is -0.381 e. The summed E-state index contributed by atoms with van der Waals surface area (Å²) in [5.74, 6) is 0.529. The van der Waals surface area contributed by atoms with E-state index in [0.29, 0.717) is 19.0 Å². The molecule has 1 aromatic heterocycles. The smallest absolute Gasteiger partial charge is 0.276 e. The molecule has 0 atom stereocenters. The monoisotopic (exact) mass is 271 g/mol. The Bertz CT molecular complexity index is 449. The number of nitrogens with zero attached hydrogens (tertiary/aromatic N) is 3. The zero-order chi connectivity index (χ0) is 13.1. The second kappa shape index (κ2) is 5.49. The standard InChI is InChI=1S/C11H14ClN3O3/c1-14(8-2-4-18-5-3-8)11-7-9(15(16)17)6-10(12)13-11/h6-8H,2-5H2,1H3. The predicted molar refractivity (Wildman–Crippen MR) is 68.1 cm³/mol. The van der Waals surface area contributed by atoms with Crippen molar-refractivity contribution in [1.29, 1.82) is 0 Å². The van der Waals surface area contributed by atoms with E-state index in [2.05, 4.69) is 4.98 Å². The summed E-state index contributed by atoms with van der Waals surface area (Å²) in [6.45, 7) is 1.41. The fraction of sp³-hybridized carbons (Fsp3) is 0.545. The third-order valence-electron chi connectivity index (χ3n) is 3.08. The van der Waals surface area contributed by atoms with Gasteiger partial charge in [-0.05, 0) is 12.8 Å². The number of pyridine rings is 1. The van der Waals surface area contributed by atoms with E-state index in [9.17, 15) is 10.1 Å². The largest absolute Gasteiger partial charge is 0.381 e. The minimum atomic E-state index is -0.463. The highest BCUT2D eigenvalue weighted by Crippen LogP contribution is 2.25. The second-order valence-corrected chi connectivity index (χ2v) is 4.61. The molecule has 98 valence electrons. The van der Waals surface area contributed by atoms with Gasteiger partial charge >= 0.3 is 0 Å². The number of nitro groups is 1. The van der Waals surface area contributed by atoms with Crippen molar-refractivity contribution in [3.05, 3.63) is 27.4 Å². The lowest BCUT2D eigenvalue weighted by Crippen LogP contribution is -2.37.